The molecule has 1 heterocycles. The Labute approximate surface area is 161 Å². The molecule has 0 aromatic heterocycles. The molecular weight excluding hydrogens is 376 g/mol. The second kappa shape index (κ2) is 9.89. The van der Waals surface area contributed by atoms with Crippen molar-refractivity contribution in [2.24, 2.45) is 0 Å². The molecule has 10 nitrogen and oxygen atoms in total. The van der Waals surface area contributed by atoms with Gasteiger partial charge in [-0.05, 0) is 18.6 Å². The lowest BCUT2D eigenvalue weighted by Crippen LogP contribution is -2.60. The molecule has 158 valence electrons. The van der Waals surface area contributed by atoms with Crippen LogP contribution in [0.1, 0.15) is 36.5 Å². The minimum Gasteiger partial charge on any atom is -0.504 e. The average Bonchev–Trinajstić information content (AvgIpc) is 2.67. The van der Waals surface area contributed by atoms with E-state index in [0.29, 0.717) is 6.42 Å². The fourth-order valence-corrected chi connectivity index (χ4v) is 2.80. The lowest BCUT2D eigenvalue weighted by molar-refractivity contribution is -0.300. The summed E-state index contributed by atoms with van der Waals surface area (Å²) in [6.07, 6.45) is -4.38. The third-order valence-electron chi connectivity index (χ3n) is 4.40. The van der Waals surface area contributed by atoms with Crippen molar-refractivity contribution in [2.75, 3.05) is 13.2 Å². The summed E-state index contributed by atoms with van der Waals surface area (Å²) in [6.45, 7) is 1.68. The molecule has 10 heteroatoms. The summed E-state index contributed by atoms with van der Waals surface area (Å²) in [4.78, 5) is 12.3. The number of unbranched alkanes of at least 4 members (excludes halogenated alkanes) is 2. The number of phenols is 3. The number of aromatic hydroxyl groups is 3. The molecule has 0 radical (unpaired) electrons. The Balaban J connectivity index is 2.12. The Morgan fingerprint density at radius 3 is 2.32 bits per heavy atom. The first-order chi connectivity index (χ1) is 13.3. The maximum atomic E-state index is 12.3. The number of hydrogen-bond donors (Lipinski definition) is 6. The van der Waals surface area contributed by atoms with Crippen LogP contribution in [0.5, 0.6) is 17.2 Å². The van der Waals surface area contributed by atoms with Crippen LogP contribution < -0.4 is 0 Å². The molecule has 0 bridgehead atoms. The fourth-order valence-electron chi connectivity index (χ4n) is 2.80. The van der Waals surface area contributed by atoms with E-state index in [1.54, 1.807) is 0 Å². The van der Waals surface area contributed by atoms with Crippen molar-refractivity contribution in [3.05, 3.63) is 17.7 Å². The van der Waals surface area contributed by atoms with Gasteiger partial charge in [0.05, 0.1) is 12.2 Å². The first-order valence-electron chi connectivity index (χ1n) is 9.00. The van der Waals surface area contributed by atoms with Crippen molar-refractivity contribution in [3.63, 3.8) is 0 Å². The van der Waals surface area contributed by atoms with Crippen molar-refractivity contribution in [1.29, 1.82) is 0 Å². The van der Waals surface area contributed by atoms with E-state index in [1.807, 2.05) is 6.92 Å². The van der Waals surface area contributed by atoms with Crippen LogP contribution in [0, 0.1) is 0 Å². The summed E-state index contributed by atoms with van der Waals surface area (Å²) in [6, 6.07) is 1.72. The lowest BCUT2D eigenvalue weighted by Gasteiger charge is -2.41. The minimum absolute atomic E-state index is 0.268. The molecule has 1 aromatic rings. The van der Waals surface area contributed by atoms with Crippen LogP contribution in [0.15, 0.2) is 12.1 Å². The van der Waals surface area contributed by atoms with E-state index < -0.39 is 60.5 Å². The Morgan fingerprint density at radius 2 is 1.75 bits per heavy atom. The summed E-state index contributed by atoms with van der Waals surface area (Å²) < 4.78 is 15.9. The SMILES string of the molecule is CCCCCO[C@@H]1O[C@H](CO)[C@@H](O)[C@H](OC(=O)c2cc(O)c(O)c(O)c2)[C@H]1O. The van der Waals surface area contributed by atoms with Gasteiger partial charge >= 0.3 is 5.97 Å². The molecule has 1 aliphatic heterocycles. The molecule has 1 saturated heterocycles. The summed E-state index contributed by atoms with van der Waals surface area (Å²) in [5.74, 6) is -3.38. The number of hydrogen-bond acceptors (Lipinski definition) is 10. The van der Waals surface area contributed by atoms with E-state index in [0.717, 1.165) is 25.0 Å². The topological polar surface area (TPSA) is 166 Å². The molecule has 28 heavy (non-hydrogen) atoms. The second-order valence-electron chi connectivity index (χ2n) is 6.52. The third kappa shape index (κ3) is 5.03. The molecule has 0 unspecified atom stereocenters. The smallest absolute Gasteiger partial charge is 0.338 e. The molecule has 0 amide bonds. The van der Waals surface area contributed by atoms with E-state index in [4.69, 9.17) is 14.2 Å². The Morgan fingerprint density at radius 1 is 1.11 bits per heavy atom. The summed E-state index contributed by atoms with van der Waals surface area (Å²) >= 11 is 0. The molecule has 0 saturated carbocycles. The summed E-state index contributed by atoms with van der Waals surface area (Å²) in [5.41, 5.74) is -0.320. The zero-order valence-electron chi connectivity index (χ0n) is 15.4. The minimum atomic E-state index is -1.54. The molecule has 5 atom stereocenters. The highest BCUT2D eigenvalue weighted by molar-refractivity contribution is 5.91. The van der Waals surface area contributed by atoms with Crippen molar-refractivity contribution in [3.8, 4) is 17.2 Å². The van der Waals surface area contributed by atoms with Crippen LogP contribution in [0.3, 0.4) is 0 Å². The monoisotopic (exact) mass is 402 g/mol. The fraction of sp³-hybridized carbons (Fsp3) is 0.611. The second-order valence-corrected chi connectivity index (χ2v) is 6.52. The van der Waals surface area contributed by atoms with Crippen LogP contribution in [0.2, 0.25) is 0 Å². The van der Waals surface area contributed by atoms with Gasteiger partial charge < -0.3 is 44.8 Å². The van der Waals surface area contributed by atoms with E-state index >= 15 is 0 Å². The van der Waals surface area contributed by atoms with Crippen LogP contribution in [-0.2, 0) is 14.2 Å². The van der Waals surface area contributed by atoms with Gasteiger partial charge in [-0.2, -0.15) is 0 Å². The molecular formula is C18H26O10. The van der Waals surface area contributed by atoms with E-state index in [2.05, 4.69) is 0 Å². The zero-order valence-corrected chi connectivity index (χ0v) is 15.4. The number of ether oxygens (including phenoxy) is 3. The number of phenolic OH excluding ortho intramolecular Hbond substituents is 3. The van der Waals surface area contributed by atoms with E-state index in [9.17, 15) is 35.4 Å². The normalized spacial score (nSPS) is 27.5. The Bertz CT molecular complexity index is 641. The quantitative estimate of drug-likeness (QED) is 0.197. The van der Waals surface area contributed by atoms with E-state index in [1.165, 1.54) is 0 Å². The molecule has 1 aliphatic rings. The number of aliphatic hydroxyl groups excluding tert-OH is 3. The summed E-state index contributed by atoms with van der Waals surface area (Å²) in [7, 11) is 0. The van der Waals surface area contributed by atoms with Crippen molar-refractivity contribution >= 4 is 5.97 Å². The van der Waals surface area contributed by atoms with Gasteiger partial charge in [0.1, 0.15) is 18.3 Å². The number of esters is 1. The van der Waals surface area contributed by atoms with E-state index in [-0.39, 0.29) is 12.2 Å². The van der Waals surface area contributed by atoms with Gasteiger partial charge in [-0.3, -0.25) is 0 Å². The zero-order chi connectivity index (χ0) is 20.8. The average molecular weight is 402 g/mol. The highest BCUT2D eigenvalue weighted by Crippen LogP contribution is 2.36. The lowest BCUT2D eigenvalue weighted by atomic mass is 9.99. The van der Waals surface area contributed by atoms with Crippen molar-refractivity contribution in [2.45, 2.75) is 56.9 Å². The molecule has 6 N–H and O–H groups in total. The van der Waals surface area contributed by atoms with Crippen LogP contribution >= 0.6 is 0 Å². The maximum Gasteiger partial charge on any atom is 0.338 e. The molecule has 1 aromatic carbocycles. The van der Waals surface area contributed by atoms with Gasteiger partial charge in [0.15, 0.2) is 29.6 Å². The first-order valence-corrected chi connectivity index (χ1v) is 9.00. The van der Waals surface area contributed by atoms with Crippen molar-refractivity contribution < 1.29 is 49.6 Å². The number of carbonyl (C=O) groups is 1. The predicted octanol–water partition coefficient (Wildman–Crippen LogP) is -0.0254. The van der Waals surface area contributed by atoms with Gasteiger partial charge in [-0.25, -0.2) is 4.79 Å². The van der Waals surface area contributed by atoms with Crippen molar-refractivity contribution in [1.82, 2.24) is 0 Å². The number of carbonyl (C=O) groups excluding carboxylic acids is 1. The van der Waals surface area contributed by atoms with Gasteiger partial charge in [-0.15, -0.1) is 0 Å². The maximum absolute atomic E-state index is 12.3. The predicted molar refractivity (Wildman–Crippen MR) is 93.9 cm³/mol. The van der Waals surface area contributed by atoms with Gasteiger partial charge in [-0.1, -0.05) is 19.8 Å². The standard InChI is InChI=1S/C18H26O10/c1-2-3-4-5-26-18-15(24)16(14(23)12(8-19)27-18)28-17(25)9-6-10(20)13(22)11(21)7-9/h6-7,12,14-16,18-24H,2-5,8H2,1H3/t12-,14-,15-,16+,18-/m1/s1. The van der Waals surface area contributed by atoms with Crippen LogP contribution in [0.25, 0.3) is 0 Å². The summed E-state index contributed by atoms with van der Waals surface area (Å²) in [5, 5.41) is 58.4. The highest BCUT2D eigenvalue weighted by atomic mass is 16.7. The van der Waals surface area contributed by atoms with Gasteiger partial charge in [0, 0.05) is 6.61 Å². The molecule has 0 aliphatic carbocycles. The number of benzene rings is 1. The number of rotatable bonds is 8. The first kappa shape index (κ1) is 22.2. The van der Waals surface area contributed by atoms with Gasteiger partial charge in [0.25, 0.3) is 0 Å². The number of aliphatic hydroxyl groups is 3. The third-order valence-corrected chi connectivity index (χ3v) is 4.40. The molecule has 0 spiro atoms. The molecule has 2 rings (SSSR count). The highest BCUT2D eigenvalue weighted by Gasteiger charge is 2.47. The largest absolute Gasteiger partial charge is 0.504 e. The molecule has 1 fully saturated rings. The Kier molecular flexibility index (Phi) is 7.84. The Hall–Kier alpha value is -2.11. The van der Waals surface area contributed by atoms with Crippen LogP contribution in [-0.4, -0.2) is 80.5 Å². The van der Waals surface area contributed by atoms with Crippen LogP contribution in [0.4, 0.5) is 0 Å². The van der Waals surface area contributed by atoms with Gasteiger partial charge in [0.2, 0.25) is 0 Å².